The second kappa shape index (κ2) is 8.21. The summed E-state index contributed by atoms with van der Waals surface area (Å²) in [5.74, 6) is -0.527. The van der Waals surface area contributed by atoms with Gasteiger partial charge in [-0.2, -0.15) is 0 Å². The predicted molar refractivity (Wildman–Crippen MR) is 114 cm³/mol. The largest absolute Gasteiger partial charge is 0.352 e. The average Bonchev–Trinajstić information content (AvgIpc) is 3.43. The molecular formula is C22H24N4O2S. The van der Waals surface area contributed by atoms with Crippen LogP contribution in [0.3, 0.4) is 0 Å². The molecule has 1 aliphatic rings. The standard InChI is InChI=1S/C22H24N4O2S/c1-15-5-7-17(8-6-15)26-20(27)12-18(21(26)19-4-3-11-29-19)22(28)24-16(2)13-25-10-9-23-14-25/h3-11,14,16,18,21H,12-13H2,1-2H3,(H,24,28)/t16-,18+,21+/m1/s1. The molecule has 0 bridgehead atoms. The molecule has 0 aliphatic carbocycles. The zero-order chi connectivity index (χ0) is 20.4. The van der Waals surface area contributed by atoms with Crippen LogP contribution in [0.1, 0.15) is 29.8 Å². The lowest BCUT2D eigenvalue weighted by atomic mass is 9.97. The molecule has 6 nitrogen and oxygen atoms in total. The third-order valence-electron chi connectivity index (χ3n) is 5.24. The highest BCUT2D eigenvalue weighted by molar-refractivity contribution is 7.10. The minimum atomic E-state index is -0.423. The van der Waals surface area contributed by atoms with E-state index in [1.54, 1.807) is 28.8 Å². The molecule has 1 aliphatic heterocycles. The van der Waals surface area contributed by atoms with Crippen molar-refractivity contribution in [1.82, 2.24) is 14.9 Å². The second-order valence-corrected chi connectivity index (χ2v) is 8.52. The third kappa shape index (κ3) is 4.10. The molecule has 2 aromatic heterocycles. The maximum atomic E-state index is 13.2. The van der Waals surface area contributed by atoms with Gasteiger partial charge in [-0.05, 0) is 37.4 Å². The van der Waals surface area contributed by atoms with E-state index >= 15 is 0 Å². The van der Waals surface area contributed by atoms with Crippen molar-refractivity contribution >= 4 is 28.8 Å². The van der Waals surface area contributed by atoms with E-state index < -0.39 is 5.92 Å². The number of aromatic nitrogens is 2. The van der Waals surface area contributed by atoms with Gasteiger partial charge in [0.2, 0.25) is 11.8 Å². The Morgan fingerprint density at radius 1 is 1.31 bits per heavy atom. The molecule has 1 N–H and O–H groups in total. The summed E-state index contributed by atoms with van der Waals surface area (Å²) < 4.78 is 1.93. The number of carbonyl (C=O) groups excluding carboxylic acids is 2. The number of anilines is 1. The second-order valence-electron chi connectivity index (χ2n) is 7.54. The Morgan fingerprint density at radius 2 is 2.10 bits per heavy atom. The first-order valence-electron chi connectivity index (χ1n) is 9.71. The van der Waals surface area contributed by atoms with Gasteiger partial charge in [-0.1, -0.05) is 23.8 Å². The van der Waals surface area contributed by atoms with Gasteiger partial charge in [0, 0.05) is 42.0 Å². The summed E-state index contributed by atoms with van der Waals surface area (Å²) in [6.45, 7) is 4.62. The average molecular weight is 409 g/mol. The maximum absolute atomic E-state index is 13.2. The fraction of sp³-hybridized carbons (Fsp3) is 0.318. The lowest BCUT2D eigenvalue weighted by Crippen LogP contribution is -2.41. The first-order valence-corrected chi connectivity index (χ1v) is 10.6. The van der Waals surface area contributed by atoms with E-state index in [1.807, 2.05) is 66.4 Å². The zero-order valence-electron chi connectivity index (χ0n) is 16.5. The van der Waals surface area contributed by atoms with Gasteiger partial charge >= 0.3 is 0 Å². The van der Waals surface area contributed by atoms with Gasteiger partial charge < -0.3 is 14.8 Å². The van der Waals surface area contributed by atoms with Crippen molar-refractivity contribution in [3.8, 4) is 0 Å². The van der Waals surface area contributed by atoms with Crippen molar-refractivity contribution in [2.75, 3.05) is 4.90 Å². The Labute approximate surface area is 174 Å². The molecule has 29 heavy (non-hydrogen) atoms. The molecule has 3 heterocycles. The quantitative estimate of drug-likeness (QED) is 0.678. The van der Waals surface area contributed by atoms with E-state index in [4.69, 9.17) is 0 Å². The van der Waals surface area contributed by atoms with Gasteiger partial charge in [-0.25, -0.2) is 4.98 Å². The Bertz CT molecular complexity index is 967. The molecule has 1 saturated heterocycles. The number of nitrogens with zero attached hydrogens (tertiary/aromatic N) is 3. The van der Waals surface area contributed by atoms with E-state index in [1.165, 1.54) is 0 Å². The molecule has 0 unspecified atom stereocenters. The van der Waals surface area contributed by atoms with Crippen LogP contribution in [0.5, 0.6) is 0 Å². The molecule has 1 fully saturated rings. The highest BCUT2D eigenvalue weighted by atomic mass is 32.1. The molecule has 7 heteroatoms. The van der Waals surface area contributed by atoms with Crippen LogP contribution in [0.15, 0.2) is 60.5 Å². The van der Waals surface area contributed by atoms with E-state index in [-0.39, 0.29) is 30.3 Å². The molecular weight excluding hydrogens is 384 g/mol. The van der Waals surface area contributed by atoms with Crippen molar-refractivity contribution in [3.63, 3.8) is 0 Å². The van der Waals surface area contributed by atoms with Crippen molar-refractivity contribution in [2.24, 2.45) is 5.92 Å². The number of rotatable bonds is 6. The lowest BCUT2D eigenvalue weighted by Gasteiger charge is -2.28. The molecule has 3 aromatic rings. The fourth-order valence-electron chi connectivity index (χ4n) is 3.87. The number of hydrogen-bond acceptors (Lipinski definition) is 4. The molecule has 2 amide bonds. The number of nitrogens with one attached hydrogen (secondary N) is 1. The van der Waals surface area contributed by atoms with Crippen LogP contribution in [0, 0.1) is 12.8 Å². The van der Waals surface area contributed by atoms with Crippen LogP contribution in [0.25, 0.3) is 0 Å². The van der Waals surface area contributed by atoms with Gasteiger partial charge in [0.25, 0.3) is 0 Å². The van der Waals surface area contributed by atoms with Gasteiger partial charge in [0.15, 0.2) is 0 Å². The Balaban J connectivity index is 1.57. The number of imidazole rings is 1. The molecule has 0 radical (unpaired) electrons. The zero-order valence-corrected chi connectivity index (χ0v) is 17.3. The number of hydrogen-bond donors (Lipinski definition) is 1. The molecule has 3 atom stereocenters. The molecule has 4 rings (SSSR count). The lowest BCUT2D eigenvalue weighted by molar-refractivity contribution is -0.127. The highest BCUT2D eigenvalue weighted by Gasteiger charge is 2.45. The van der Waals surface area contributed by atoms with Crippen molar-refractivity contribution in [1.29, 1.82) is 0 Å². The molecule has 0 saturated carbocycles. The van der Waals surface area contributed by atoms with Gasteiger partial charge in [-0.15, -0.1) is 11.3 Å². The summed E-state index contributed by atoms with van der Waals surface area (Å²) >= 11 is 1.58. The third-order valence-corrected chi connectivity index (χ3v) is 6.18. The predicted octanol–water partition coefficient (Wildman–Crippen LogP) is 3.55. The Morgan fingerprint density at radius 3 is 2.76 bits per heavy atom. The number of amides is 2. The first kappa shape index (κ1) is 19.4. The SMILES string of the molecule is Cc1ccc(N2C(=O)C[C@H](C(=O)N[C@H](C)Cn3ccnc3)[C@H]2c2cccs2)cc1. The van der Waals surface area contributed by atoms with E-state index in [0.29, 0.717) is 6.54 Å². The van der Waals surface area contributed by atoms with Crippen LogP contribution in [0.4, 0.5) is 5.69 Å². The van der Waals surface area contributed by atoms with Gasteiger partial charge in [-0.3, -0.25) is 9.59 Å². The topological polar surface area (TPSA) is 67.2 Å². The summed E-state index contributed by atoms with van der Waals surface area (Å²) in [7, 11) is 0. The van der Waals surface area contributed by atoms with Crippen LogP contribution in [-0.4, -0.2) is 27.4 Å². The Kier molecular flexibility index (Phi) is 5.49. The van der Waals surface area contributed by atoms with Crippen LogP contribution >= 0.6 is 11.3 Å². The number of thiophene rings is 1. The van der Waals surface area contributed by atoms with Crippen LogP contribution in [0.2, 0.25) is 0 Å². The normalized spacial score (nSPS) is 20.1. The molecule has 150 valence electrons. The van der Waals surface area contributed by atoms with Crippen LogP contribution in [-0.2, 0) is 16.1 Å². The van der Waals surface area contributed by atoms with E-state index in [0.717, 1.165) is 16.1 Å². The molecule has 1 aromatic carbocycles. The summed E-state index contributed by atoms with van der Waals surface area (Å²) in [4.78, 5) is 33.0. The maximum Gasteiger partial charge on any atom is 0.228 e. The van der Waals surface area contributed by atoms with Gasteiger partial charge in [0.05, 0.1) is 18.3 Å². The smallest absolute Gasteiger partial charge is 0.228 e. The van der Waals surface area contributed by atoms with Gasteiger partial charge in [0.1, 0.15) is 0 Å². The summed E-state index contributed by atoms with van der Waals surface area (Å²) in [6.07, 6.45) is 5.53. The van der Waals surface area contributed by atoms with Crippen molar-refractivity contribution < 1.29 is 9.59 Å². The number of benzene rings is 1. The monoisotopic (exact) mass is 408 g/mol. The Hall–Kier alpha value is -2.93. The summed E-state index contributed by atoms with van der Waals surface area (Å²) in [6, 6.07) is 11.5. The number of aryl methyl sites for hydroxylation is 1. The summed E-state index contributed by atoms with van der Waals surface area (Å²) in [5, 5.41) is 5.08. The highest BCUT2D eigenvalue weighted by Crippen LogP contribution is 2.43. The molecule has 0 spiro atoms. The first-order chi connectivity index (χ1) is 14.0. The summed E-state index contributed by atoms with van der Waals surface area (Å²) in [5.41, 5.74) is 1.97. The number of carbonyl (C=O) groups is 2. The fourth-order valence-corrected chi connectivity index (χ4v) is 4.75. The van der Waals surface area contributed by atoms with E-state index in [2.05, 4.69) is 10.3 Å². The minimum Gasteiger partial charge on any atom is -0.352 e. The van der Waals surface area contributed by atoms with Crippen molar-refractivity contribution in [3.05, 3.63) is 70.9 Å². The minimum absolute atomic E-state index is 0.0188. The van der Waals surface area contributed by atoms with E-state index in [9.17, 15) is 9.59 Å². The van der Waals surface area contributed by atoms with Crippen molar-refractivity contribution in [2.45, 2.75) is 38.9 Å². The van der Waals surface area contributed by atoms with Crippen LogP contribution < -0.4 is 10.2 Å².